The summed E-state index contributed by atoms with van der Waals surface area (Å²) in [6, 6.07) is 10.4. The molecule has 0 bridgehead atoms. The predicted octanol–water partition coefficient (Wildman–Crippen LogP) is 2.70. The number of piperazine rings is 1. The molecule has 0 aromatic heterocycles. The Kier molecular flexibility index (Phi) is 11.9. The van der Waals surface area contributed by atoms with E-state index in [0.717, 1.165) is 58.1 Å². The van der Waals surface area contributed by atoms with Crippen LogP contribution in [0.3, 0.4) is 0 Å². The van der Waals surface area contributed by atoms with Crippen molar-refractivity contribution in [3.8, 4) is 0 Å². The van der Waals surface area contributed by atoms with Crippen LogP contribution in [0.1, 0.15) is 33.1 Å². The zero-order valence-corrected chi connectivity index (χ0v) is 18.9. The van der Waals surface area contributed by atoms with E-state index in [-0.39, 0.29) is 29.9 Å². The van der Waals surface area contributed by atoms with E-state index >= 15 is 0 Å². The van der Waals surface area contributed by atoms with Crippen molar-refractivity contribution >= 4 is 41.5 Å². The minimum absolute atomic E-state index is 0. The second-order valence-electron chi connectivity index (χ2n) is 6.49. The van der Waals surface area contributed by atoms with Crippen molar-refractivity contribution in [1.82, 2.24) is 15.5 Å². The first-order chi connectivity index (χ1) is 12.7. The van der Waals surface area contributed by atoms with Crippen LogP contribution in [0.15, 0.2) is 35.3 Å². The number of benzene rings is 1. The Morgan fingerprint density at radius 3 is 2.41 bits per heavy atom. The molecule has 0 saturated carbocycles. The average molecular weight is 487 g/mol. The van der Waals surface area contributed by atoms with Crippen LogP contribution in [0.4, 0.5) is 5.69 Å². The third-order valence-corrected chi connectivity index (χ3v) is 4.51. The fraction of sp³-hybridized carbons (Fsp3) is 0.600. The predicted molar refractivity (Wildman–Crippen MR) is 124 cm³/mol. The normalized spacial score (nSPS) is 14.5. The van der Waals surface area contributed by atoms with Crippen LogP contribution in [0, 0.1) is 0 Å². The maximum atomic E-state index is 12.4. The van der Waals surface area contributed by atoms with E-state index in [1.54, 1.807) is 0 Å². The number of nitrogens with one attached hydrogen (secondary N) is 2. The molecule has 152 valence electrons. The van der Waals surface area contributed by atoms with Gasteiger partial charge in [-0.05, 0) is 25.5 Å². The molecule has 0 atom stereocenters. The molecule has 0 spiro atoms. The Morgan fingerprint density at radius 2 is 1.78 bits per heavy atom. The lowest BCUT2D eigenvalue weighted by Gasteiger charge is -2.36. The highest BCUT2D eigenvalue weighted by Gasteiger charge is 2.20. The second kappa shape index (κ2) is 13.6. The van der Waals surface area contributed by atoms with E-state index in [9.17, 15) is 4.79 Å². The summed E-state index contributed by atoms with van der Waals surface area (Å²) in [6.45, 7) is 9.84. The number of anilines is 1. The zero-order valence-electron chi connectivity index (χ0n) is 16.6. The molecule has 1 saturated heterocycles. The molecule has 27 heavy (non-hydrogen) atoms. The molecule has 7 heteroatoms. The highest BCUT2D eigenvalue weighted by molar-refractivity contribution is 14.0. The van der Waals surface area contributed by atoms with Gasteiger partial charge in [0.05, 0.1) is 0 Å². The maximum absolute atomic E-state index is 12.4. The Bertz CT molecular complexity index is 559. The SMILES string of the molecule is CCCCN=C(NCC)NCCC(=O)N1CCN(c2ccccc2)CC1.I. The van der Waals surface area contributed by atoms with Crippen molar-refractivity contribution in [2.45, 2.75) is 33.1 Å². The van der Waals surface area contributed by atoms with Gasteiger partial charge in [0.15, 0.2) is 5.96 Å². The fourth-order valence-electron chi connectivity index (χ4n) is 2.99. The van der Waals surface area contributed by atoms with E-state index in [4.69, 9.17) is 0 Å². The van der Waals surface area contributed by atoms with Gasteiger partial charge in [-0.2, -0.15) is 0 Å². The van der Waals surface area contributed by atoms with Crippen molar-refractivity contribution < 1.29 is 4.79 Å². The number of carbonyl (C=O) groups excluding carboxylic acids is 1. The van der Waals surface area contributed by atoms with Gasteiger partial charge in [0.2, 0.25) is 5.91 Å². The van der Waals surface area contributed by atoms with Gasteiger partial charge in [-0.25, -0.2) is 0 Å². The molecule has 1 aliphatic rings. The summed E-state index contributed by atoms with van der Waals surface area (Å²) < 4.78 is 0. The number of guanidine groups is 1. The first kappa shape index (κ1) is 23.5. The fourth-order valence-corrected chi connectivity index (χ4v) is 2.99. The van der Waals surface area contributed by atoms with E-state index in [1.807, 2.05) is 17.9 Å². The van der Waals surface area contributed by atoms with E-state index < -0.39 is 0 Å². The van der Waals surface area contributed by atoms with E-state index in [2.05, 4.69) is 51.7 Å². The first-order valence-corrected chi connectivity index (χ1v) is 9.84. The minimum atomic E-state index is 0. The number of aliphatic imine (C=N–C) groups is 1. The highest BCUT2D eigenvalue weighted by atomic mass is 127. The van der Waals surface area contributed by atoms with Crippen LogP contribution in [0.5, 0.6) is 0 Å². The molecular formula is C20H34IN5O. The molecule has 1 aromatic carbocycles. The Hall–Kier alpha value is -1.51. The number of para-hydroxylation sites is 1. The standard InChI is InChI=1S/C20H33N5O.HI/c1-3-5-12-22-20(21-4-2)23-13-11-19(26)25-16-14-24(15-17-25)18-9-7-6-8-10-18;/h6-10H,3-5,11-17H2,1-2H3,(H2,21,22,23);1H. The number of rotatable bonds is 8. The molecule has 1 amide bonds. The molecular weight excluding hydrogens is 453 g/mol. The van der Waals surface area contributed by atoms with Gasteiger partial charge in [-0.1, -0.05) is 31.5 Å². The summed E-state index contributed by atoms with van der Waals surface area (Å²) in [4.78, 5) is 21.3. The summed E-state index contributed by atoms with van der Waals surface area (Å²) in [6.07, 6.45) is 2.72. The van der Waals surface area contributed by atoms with E-state index in [1.165, 1.54) is 5.69 Å². The molecule has 0 radical (unpaired) electrons. The van der Waals surface area contributed by atoms with Gasteiger partial charge in [0.1, 0.15) is 0 Å². The van der Waals surface area contributed by atoms with Crippen LogP contribution in [-0.2, 0) is 4.79 Å². The summed E-state index contributed by atoms with van der Waals surface area (Å²) in [5.74, 6) is 1.03. The number of hydrogen-bond donors (Lipinski definition) is 2. The number of hydrogen-bond acceptors (Lipinski definition) is 3. The second-order valence-corrected chi connectivity index (χ2v) is 6.49. The molecule has 1 heterocycles. The monoisotopic (exact) mass is 487 g/mol. The number of halogens is 1. The topological polar surface area (TPSA) is 60.0 Å². The molecule has 2 N–H and O–H groups in total. The number of carbonyl (C=O) groups is 1. The maximum Gasteiger partial charge on any atom is 0.224 e. The molecule has 1 aromatic rings. The minimum Gasteiger partial charge on any atom is -0.368 e. The first-order valence-electron chi connectivity index (χ1n) is 9.84. The molecule has 2 rings (SSSR count). The third-order valence-electron chi connectivity index (χ3n) is 4.51. The van der Waals surface area contributed by atoms with Crippen molar-refractivity contribution in [3.05, 3.63) is 30.3 Å². The van der Waals surface area contributed by atoms with Crippen molar-refractivity contribution in [2.75, 3.05) is 50.7 Å². The van der Waals surface area contributed by atoms with Crippen LogP contribution < -0.4 is 15.5 Å². The number of unbranched alkanes of at least 4 members (excludes halogenated alkanes) is 1. The largest absolute Gasteiger partial charge is 0.368 e. The zero-order chi connectivity index (χ0) is 18.6. The quantitative estimate of drug-likeness (QED) is 0.256. The van der Waals surface area contributed by atoms with Crippen molar-refractivity contribution in [3.63, 3.8) is 0 Å². The van der Waals surface area contributed by atoms with Gasteiger partial charge >= 0.3 is 0 Å². The molecule has 6 nitrogen and oxygen atoms in total. The lowest BCUT2D eigenvalue weighted by atomic mass is 10.2. The van der Waals surface area contributed by atoms with Crippen molar-refractivity contribution in [1.29, 1.82) is 0 Å². The molecule has 1 aliphatic heterocycles. The lowest BCUT2D eigenvalue weighted by molar-refractivity contribution is -0.131. The molecule has 0 aliphatic carbocycles. The van der Waals surface area contributed by atoms with Gasteiger partial charge in [0, 0.05) is 57.9 Å². The summed E-state index contributed by atoms with van der Waals surface area (Å²) in [5.41, 5.74) is 1.24. The smallest absolute Gasteiger partial charge is 0.224 e. The number of amides is 1. The van der Waals surface area contributed by atoms with Crippen LogP contribution in [0.25, 0.3) is 0 Å². The Morgan fingerprint density at radius 1 is 1.07 bits per heavy atom. The molecule has 1 fully saturated rings. The van der Waals surface area contributed by atoms with Gasteiger partial charge in [-0.3, -0.25) is 9.79 Å². The van der Waals surface area contributed by atoms with Gasteiger partial charge in [-0.15, -0.1) is 24.0 Å². The van der Waals surface area contributed by atoms with Gasteiger partial charge in [0.25, 0.3) is 0 Å². The summed E-state index contributed by atoms with van der Waals surface area (Å²) in [7, 11) is 0. The van der Waals surface area contributed by atoms with Crippen LogP contribution in [0.2, 0.25) is 0 Å². The van der Waals surface area contributed by atoms with Crippen LogP contribution in [-0.4, -0.2) is 62.6 Å². The summed E-state index contributed by atoms with van der Waals surface area (Å²) >= 11 is 0. The average Bonchev–Trinajstić information content (AvgIpc) is 2.69. The summed E-state index contributed by atoms with van der Waals surface area (Å²) in [5, 5.41) is 6.49. The van der Waals surface area contributed by atoms with E-state index in [0.29, 0.717) is 13.0 Å². The van der Waals surface area contributed by atoms with Gasteiger partial charge < -0.3 is 20.4 Å². The Labute approximate surface area is 180 Å². The Balaban J connectivity index is 0.00000364. The van der Waals surface area contributed by atoms with Crippen molar-refractivity contribution in [2.24, 2.45) is 4.99 Å². The van der Waals surface area contributed by atoms with Crippen LogP contribution >= 0.6 is 24.0 Å². The third kappa shape index (κ3) is 8.36. The lowest BCUT2D eigenvalue weighted by Crippen LogP contribution is -2.49. The number of nitrogens with zero attached hydrogens (tertiary/aromatic N) is 3. The molecule has 0 unspecified atom stereocenters. The highest BCUT2D eigenvalue weighted by Crippen LogP contribution is 2.15.